The van der Waals surface area contributed by atoms with Crippen molar-refractivity contribution in [3.63, 3.8) is 0 Å². The smallest absolute Gasteiger partial charge is 0.253 e. The molecular weight excluding hydrogens is 240 g/mol. The fraction of sp³-hybridized carbons (Fsp3) is 0.533. The third-order valence-corrected chi connectivity index (χ3v) is 4.12. The van der Waals surface area contributed by atoms with Gasteiger partial charge in [-0.3, -0.25) is 4.79 Å². The number of carbonyl (C=O) groups excluding carboxylic acids is 1. The van der Waals surface area contributed by atoms with Gasteiger partial charge in [0, 0.05) is 18.7 Å². The molecule has 2 heterocycles. The van der Waals surface area contributed by atoms with Crippen LogP contribution < -0.4 is 5.73 Å². The predicted molar refractivity (Wildman–Crippen MR) is 72.6 cm³/mol. The molecule has 2 N–H and O–H groups in total. The Hall–Kier alpha value is -1.39. The molecule has 102 valence electrons. The largest absolute Gasteiger partial charge is 0.372 e. The van der Waals surface area contributed by atoms with Crippen LogP contribution in [0.4, 0.5) is 0 Å². The molecule has 1 saturated heterocycles. The Kier molecular flexibility index (Phi) is 3.53. The summed E-state index contributed by atoms with van der Waals surface area (Å²) in [5.41, 5.74) is 8.74. The van der Waals surface area contributed by atoms with Crippen molar-refractivity contribution < 1.29 is 9.53 Å². The van der Waals surface area contributed by atoms with Gasteiger partial charge in [0.2, 0.25) is 0 Å². The Morgan fingerprint density at radius 2 is 2.21 bits per heavy atom. The van der Waals surface area contributed by atoms with Crippen LogP contribution in [0.5, 0.6) is 0 Å². The van der Waals surface area contributed by atoms with Crippen molar-refractivity contribution >= 4 is 5.91 Å². The van der Waals surface area contributed by atoms with Crippen LogP contribution >= 0.6 is 0 Å². The van der Waals surface area contributed by atoms with Crippen LogP contribution in [0.15, 0.2) is 18.2 Å². The van der Waals surface area contributed by atoms with Gasteiger partial charge in [-0.2, -0.15) is 0 Å². The first-order valence-corrected chi connectivity index (χ1v) is 6.97. The first-order chi connectivity index (χ1) is 9.28. The lowest BCUT2D eigenvalue weighted by molar-refractivity contribution is 0.0786. The number of hydrogen-bond acceptors (Lipinski definition) is 3. The highest BCUT2D eigenvalue weighted by Crippen LogP contribution is 2.24. The van der Waals surface area contributed by atoms with E-state index in [2.05, 4.69) is 0 Å². The summed E-state index contributed by atoms with van der Waals surface area (Å²) >= 11 is 0. The van der Waals surface area contributed by atoms with Crippen LogP contribution in [0.2, 0.25) is 0 Å². The van der Waals surface area contributed by atoms with E-state index in [-0.39, 0.29) is 5.91 Å². The van der Waals surface area contributed by atoms with E-state index >= 15 is 0 Å². The molecule has 1 aromatic carbocycles. The van der Waals surface area contributed by atoms with Gasteiger partial charge in [-0.1, -0.05) is 6.07 Å². The van der Waals surface area contributed by atoms with E-state index in [1.165, 1.54) is 5.56 Å². The third kappa shape index (κ3) is 2.51. The quantitative estimate of drug-likeness (QED) is 0.896. The van der Waals surface area contributed by atoms with Gasteiger partial charge in [-0.05, 0) is 48.6 Å². The Morgan fingerprint density at radius 3 is 3.05 bits per heavy atom. The Labute approximate surface area is 113 Å². The molecule has 2 aliphatic rings. The highest BCUT2D eigenvalue weighted by atomic mass is 16.5. The molecule has 1 fully saturated rings. The second-order valence-electron chi connectivity index (χ2n) is 5.46. The molecule has 0 aliphatic carbocycles. The number of nitrogens with zero attached hydrogens (tertiary/aromatic N) is 1. The molecule has 1 atom stereocenters. The molecule has 0 spiro atoms. The van der Waals surface area contributed by atoms with E-state index in [9.17, 15) is 4.79 Å². The molecule has 19 heavy (non-hydrogen) atoms. The van der Waals surface area contributed by atoms with Crippen LogP contribution in [0.1, 0.15) is 34.3 Å². The average molecular weight is 260 g/mol. The van der Waals surface area contributed by atoms with Crippen LogP contribution in [0.3, 0.4) is 0 Å². The summed E-state index contributed by atoms with van der Waals surface area (Å²) in [6, 6.07) is 5.93. The van der Waals surface area contributed by atoms with Gasteiger partial charge in [-0.15, -0.1) is 0 Å². The molecule has 1 amide bonds. The first-order valence-electron chi connectivity index (χ1n) is 6.97. The summed E-state index contributed by atoms with van der Waals surface area (Å²) in [6.45, 7) is 3.72. The second-order valence-corrected chi connectivity index (χ2v) is 5.46. The SMILES string of the molecule is NCCC1CCN(C(=O)c2ccc3c(c2)COC3)C1. The minimum atomic E-state index is 0.147. The zero-order valence-electron chi connectivity index (χ0n) is 11.1. The number of nitrogens with two attached hydrogens (primary N) is 1. The fourth-order valence-corrected chi connectivity index (χ4v) is 2.98. The summed E-state index contributed by atoms with van der Waals surface area (Å²) in [7, 11) is 0. The van der Waals surface area contributed by atoms with Crippen molar-refractivity contribution in [2.75, 3.05) is 19.6 Å². The van der Waals surface area contributed by atoms with Gasteiger partial charge >= 0.3 is 0 Å². The Bertz CT molecular complexity index is 487. The van der Waals surface area contributed by atoms with Gasteiger partial charge in [-0.25, -0.2) is 0 Å². The molecule has 2 aliphatic heterocycles. The van der Waals surface area contributed by atoms with Gasteiger partial charge in [0.25, 0.3) is 5.91 Å². The number of ether oxygens (including phenoxy) is 1. The Morgan fingerprint density at radius 1 is 1.37 bits per heavy atom. The summed E-state index contributed by atoms with van der Waals surface area (Å²) in [5, 5.41) is 0. The van der Waals surface area contributed by atoms with E-state index in [1.54, 1.807) is 0 Å². The number of fused-ring (bicyclic) bond motifs is 1. The molecule has 0 bridgehead atoms. The molecule has 0 radical (unpaired) electrons. The summed E-state index contributed by atoms with van der Waals surface area (Å²) in [4.78, 5) is 14.4. The topological polar surface area (TPSA) is 55.6 Å². The molecule has 1 unspecified atom stereocenters. The van der Waals surface area contributed by atoms with Gasteiger partial charge < -0.3 is 15.4 Å². The lowest BCUT2D eigenvalue weighted by atomic mass is 10.0. The second kappa shape index (κ2) is 5.31. The van der Waals surface area contributed by atoms with Crippen molar-refractivity contribution in [1.82, 2.24) is 4.90 Å². The number of benzene rings is 1. The summed E-state index contributed by atoms with van der Waals surface area (Å²) in [5.74, 6) is 0.723. The van der Waals surface area contributed by atoms with E-state index in [0.29, 0.717) is 25.7 Å². The van der Waals surface area contributed by atoms with E-state index < -0.39 is 0 Å². The van der Waals surface area contributed by atoms with Gasteiger partial charge in [0.15, 0.2) is 0 Å². The molecule has 0 aromatic heterocycles. The molecular formula is C15H20N2O2. The number of hydrogen-bond donors (Lipinski definition) is 1. The summed E-state index contributed by atoms with van der Waals surface area (Å²) in [6.07, 6.45) is 2.10. The standard InChI is InChI=1S/C15H20N2O2/c16-5-3-11-4-6-17(8-11)15(18)12-1-2-13-9-19-10-14(13)7-12/h1-2,7,11H,3-6,8-10,16H2. The number of amides is 1. The lowest BCUT2D eigenvalue weighted by Crippen LogP contribution is -2.29. The van der Waals surface area contributed by atoms with Gasteiger partial charge in [0.1, 0.15) is 0 Å². The maximum Gasteiger partial charge on any atom is 0.253 e. The Balaban J connectivity index is 1.71. The number of rotatable bonds is 3. The number of carbonyl (C=O) groups is 1. The fourth-order valence-electron chi connectivity index (χ4n) is 2.98. The maximum absolute atomic E-state index is 12.5. The third-order valence-electron chi connectivity index (χ3n) is 4.12. The van der Waals surface area contributed by atoms with Gasteiger partial charge in [0.05, 0.1) is 13.2 Å². The van der Waals surface area contributed by atoms with E-state index in [0.717, 1.165) is 37.1 Å². The maximum atomic E-state index is 12.5. The molecule has 4 heteroatoms. The highest BCUT2D eigenvalue weighted by Gasteiger charge is 2.27. The van der Waals surface area contributed by atoms with E-state index in [4.69, 9.17) is 10.5 Å². The number of likely N-dealkylation sites (tertiary alicyclic amines) is 1. The van der Waals surface area contributed by atoms with Crippen molar-refractivity contribution in [3.8, 4) is 0 Å². The normalized spacial score (nSPS) is 21.7. The van der Waals surface area contributed by atoms with Crippen molar-refractivity contribution in [2.45, 2.75) is 26.1 Å². The average Bonchev–Trinajstić information content (AvgIpc) is 3.05. The van der Waals surface area contributed by atoms with E-state index in [1.807, 2.05) is 23.1 Å². The monoisotopic (exact) mass is 260 g/mol. The highest BCUT2D eigenvalue weighted by molar-refractivity contribution is 5.94. The van der Waals surface area contributed by atoms with Crippen LogP contribution in [0.25, 0.3) is 0 Å². The molecule has 3 rings (SSSR count). The summed E-state index contributed by atoms with van der Waals surface area (Å²) < 4.78 is 5.39. The van der Waals surface area contributed by atoms with Crippen molar-refractivity contribution in [3.05, 3.63) is 34.9 Å². The minimum Gasteiger partial charge on any atom is -0.372 e. The lowest BCUT2D eigenvalue weighted by Gasteiger charge is -2.17. The molecule has 4 nitrogen and oxygen atoms in total. The minimum absolute atomic E-state index is 0.147. The van der Waals surface area contributed by atoms with Crippen LogP contribution in [0, 0.1) is 5.92 Å². The van der Waals surface area contributed by atoms with Crippen molar-refractivity contribution in [1.29, 1.82) is 0 Å². The zero-order valence-corrected chi connectivity index (χ0v) is 11.1. The zero-order chi connectivity index (χ0) is 13.2. The van der Waals surface area contributed by atoms with Crippen LogP contribution in [-0.2, 0) is 18.0 Å². The first kappa shape index (κ1) is 12.6. The predicted octanol–water partition coefficient (Wildman–Crippen LogP) is 1.53. The van der Waals surface area contributed by atoms with Crippen LogP contribution in [-0.4, -0.2) is 30.4 Å². The van der Waals surface area contributed by atoms with Crippen molar-refractivity contribution in [2.24, 2.45) is 11.7 Å². The molecule has 0 saturated carbocycles. The molecule has 1 aromatic rings.